The van der Waals surface area contributed by atoms with Crippen molar-refractivity contribution >= 4 is 29.9 Å². The van der Waals surface area contributed by atoms with Crippen LogP contribution in [0, 0.1) is 0 Å². The van der Waals surface area contributed by atoms with E-state index >= 15 is 0 Å². The summed E-state index contributed by atoms with van der Waals surface area (Å²) in [4.78, 5) is 11.4. The number of oxazole rings is 1. The van der Waals surface area contributed by atoms with Gasteiger partial charge in [0.1, 0.15) is 6.26 Å². The molecule has 1 saturated heterocycles. The van der Waals surface area contributed by atoms with Crippen molar-refractivity contribution < 1.29 is 4.42 Å². The Morgan fingerprint density at radius 3 is 2.81 bits per heavy atom. The topological polar surface area (TPSA) is 65.7 Å². The van der Waals surface area contributed by atoms with Crippen LogP contribution in [0.1, 0.15) is 31.9 Å². The van der Waals surface area contributed by atoms with Gasteiger partial charge in [0.05, 0.1) is 12.2 Å². The van der Waals surface area contributed by atoms with Crippen LogP contribution in [-0.4, -0.2) is 48.6 Å². The van der Waals surface area contributed by atoms with Gasteiger partial charge in [-0.3, -0.25) is 9.89 Å². The van der Waals surface area contributed by atoms with Crippen LogP contribution in [0.3, 0.4) is 0 Å². The van der Waals surface area contributed by atoms with Crippen LogP contribution in [0.4, 0.5) is 0 Å². The van der Waals surface area contributed by atoms with E-state index in [4.69, 9.17) is 4.42 Å². The van der Waals surface area contributed by atoms with Gasteiger partial charge in [0.25, 0.3) is 0 Å². The zero-order chi connectivity index (χ0) is 18.2. The van der Waals surface area contributed by atoms with Gasteiger partial charge in [-0.1, -0.05) is 24.6 Å². The Hall–Kier alpha value is -1.61. The molecule has 6 nitrogen and oxygen atoms in total. The summed E-state index contributed by atoms with van der Waals surface area (Å²) in [6.45, 7) is 6.04. The third-order valence-electron chi connectivity index (χ3n) is 4.87. The van der Waals surface area contributed by atoms with Gasteiger partial charge >= 0.3 is 0 Å². The lowest BCUT2D eigenvalue weighted by Crippen LogP contribution is -2.45. The highest BCUT2D eigenvalue weighted by Crippen LogP contribution is 2.18. The fraction of sp³-hybridized carbons (Fsp3) is 0.500. The van der Waals surface area contributed by atoms with E-state index in [0.717, 1.165) is 30.3 Å². The predicted molar refractivity (Wildman–Crippen MR) is 120 cm³/mol. The maximum Gasteiger partial charge on any atom is 0.226 e. The molecule has 1 aliphatic rings. The number of nitrogens with one attached hydrogen (secondary N) is 2. The number of halogens is 1. The third-order valence-corrected chi connectivity index (χ3v) is 4.87. The summed E-state index contributed by atoms with van der Waals surface area (Å²) in [6.07, 6.45) is 5.67. The molecule has 2 N–H and O–H groups in total. The molecule has 0 radical (unpaired) electrons. The van der Waals surface area contributed by atoms with Crippen molar-refractivity contribution in [2.45, 2.75) is 38.8 Å². The largest absolute Gasteiger partial charge is 0.444 e. The molecule has 148 valence electrons. The van der Waals surface area contributed by atoms with Gasteiger partial charge in [0, 0.05) is 31.7 Å². The van der Waals surface area contributed by atoms with E-state index in [1.54, 1.807) is 13.3 Å². The van der Waals surface area contributed by atoms with Crippen molar-refractivity contribution in [3.8, 4) is 11.5 Å². The second kappa shape index (κ2) is 11.3. The monoisotopic (exact) mass is 483 g/mol. The minimum absolute atomic E-state index is 0. The second-order valence-corrected chi connectivity index (χ2v) is 6.74. The lowest BCUT2D eigenvalue weighted by atomic mass is 10.0. The number of hydrogen-bond acceptors (Lipinski definition) is 4. The summed E-state index contributed by atoms with van der Waals surface area (Å²) in [5.41, 5.74) is 1.84. The van der Waals surface area contributed by atoms with E-state index in [1.807, 2.05) is 30.3 Å². The van der Waals surface area contributed by atoms with Gasteiger partial charge in [0.2, 0.25) is 5.89 Å². The zero-order valence-electron chi connectivity index (χ0n) is 16.1. The molecule has 27 heavy (non-hydrogen) atoms. The normalized spacial score (nSPS) is 18.0. The van der Waals surface area contributed by atoms with Gasteiger partial charge in [-0.25, -0.2) is 4.98 Å². The number of guanidine groups is 1. The van der Waals surface area contributed by atoms with Crippen LogP contribution >= 0.6 is 24.0 Å². The maximum atomic E-state index is 5.57. The van der Waals surface area contributed by atoms with Crippen LogP contribution in [0.2, 0.25) is 0 Å². The maximum absolute atomic E-state index is 5.57. The average molecular weight is 483 g/mol. The number of hydrogen-bond donors (Lipinski definition) is 2. The van der Waals surface area contributed by atoms with E-state index < -0.39 is 0 Å². The van der Waals surface area contributed by atoms with Gasteiger partial charge in [-0.2, -0.15) is 0 Å². The summed E-state index contributed by atoms with van der Waals surface area (Å²) in [5, 5.41) is 6.68. The molecule has 0 spiro atoms. The average Bonchev–Trinajstić information content (AvgIpc) is 3.16. The molecule has 1 aliphatic heterocycles. The minimum atomic E-state index is 0. The highest BCUT2D eigenvalue weighted by atomic mass is 127. The quantitative estimate of drug-likeness (QED) is 0.374. The molecule has 1 unspecified atom stereocenters. The number of piperidine rings is 1. The number of rotatable bonds is 6. The number of nitrogens with zero attached hydrogens (tertiary/aromatic N) is 3. The van der Waals surface area contributed by atoms with Gasteiger partial charge in [-0.15, -0.1) is 24.0 Å². The number of benzene rings is 1. The van der Waals surface area contributed by atoms with Crippen molar-refractivity contribution in [1.82, 2.24) is 20.5 Å². The van der Waals surface area contributed by atoms with Crippen LogP contribution in [0.15, 0.2) is 46.0 Å². The molecular formula is C20H30IN5O. The highest BCUT2D eigenvalue weighted by Gasteiger charge is 2.17. The van der Waals surface area contributed by atoms with Gasteiger partial charge < -0.3 is 15.1 Å². The van der Waals surface area contributed by atoms with E-state index in [1.165, 1.54) is 25.8 Å². The molecule has 1 fully saturated rings. The van der Waals surface area contributed by atoms with E-state index in [2.05, 4.69) is 32.4 Å². The van der Waals surface area contributed by atoms with Crippen LogP contribution < -0.4 is 10.6 Å². The lowest BCUT2D eigenvalue weighted by Gasteiger charge is -2.33. The summed E-state index contributed by atoms with van der Waals surface area (Å²) in [7, 11) is 1.79. The second-order valence-electron chi connectivity index (χ2n) is 6.74. The van der Waals surface area contributed by atoms with E-state index in [0.29, 0.717) is 18.5 Å². The van der Waals surface area contributed by atoms with E-state index in [-0.39, 0.29) is 24.0 Å². The van der Waals surface area contributed by atoms with Crippen LogP contribution in [0.5, 0.6) is 0 Å². The fourth-order valence-electron chi connectivity index (χ4n) is 3.30. The summed E-state index contributed by atoms with van der Waals surface area (Å²) >= 11 is 0. The number of aliphatic imine (C=N–C) groups is 1. The van der Waals surface area contributed by atoms with Crippen molar-refractivity contribution in [2.24, 2.45) is 4.99 Å². The molecule has 2 heterocycles. The Morgan fingerprint density at radius 2 is 2.07 bits per heavy atom. The Morgan fingerprint density at radius 1 is 1.26 bits per heavy atom. The molecule has 2 aromatic rings. The zero-order valence-corrected chi connectivity index (χ0v) is 18.5. The van der Waals surface area contributed by atoms with E-state index in [9.17, 15) is 0 Å². The Labute approximate surface area is 178 Å². The molecule has 0 amide bonds. The minimum Gasteiger partial charge on any atom is -0.444 e. The van der Waals surface area contributed by atoms with Crippen LogP contribution in [0.25, 0.3) is 11.5 Å². The predicted octanol–water partition coefficient (Wildman–Crippen LogP) is 3.50. The molecular weight excluding hydrogens is 453 g/mol. The molecule has 0 saturated carbocycles. The molecule has 3 rings (SSSR count). The first-order valence-corrected chi connectivity index (χ1v) is 9.44. The van der Waals surface area contributed by atoms with Crippen LogP contribution in [-0.2, 0) is 6.54 Å². The fourth-order valence-corrected chi connectivity index (χ4v) is 3.30. The van der Waals surface area contributed by atoms with Gasteiger partial charge in [0.15, 0.2) is 5.96 Å². The Kier molecular flexibility index (Phi) is 9.06. The Bertz CT molecular complexity index is 703. The highest BCUT2D eigenvalue weighted by molar-refractivity contribution is 14.0. The molecule has 1 aromatic heterocycles. The number of aromatic nitrogens is 1. The molecule has 1 aromatic carbocycles. The first-order chi connectivity index (χ1) is 12.8. The van der Waals surface area contributed by atoms with Crippen molar-refractivity contribution in [1.29, 1.82) is 0 Å². The standard InChI is InChI=1S/C20H29N5O.HI/c1-16-8-6-7-12-25(16)13-11-22-20(21-2)23-14-18-15-26-19(24-18)17-9-4-3-5-10-17;/h3-5,9-10,15-16H,6-8,11-14H2,1-2H3,(H2,21,22,23);1H. The summed E-state index contributed by atoms with van der Waals surface area (Å²) in [6, 6.07) is 10.6. The van der Waals surface area contributed by atoms with Crippen molar-refractivity contribution in [3.05, 3.63) is 42.3 Å². The molecule has 0 bridgehead atoms. The van der Waals surface area contributed by atoms with Gasteiger partial charge in [-0.05, 0) is 38.4 Å². The Balaban J connectivity index is 0.00000261. The first kappa shape index (κ1) is 21.7. The molecule has 1 atom stereocenters. The SMILES string of the molecule is CN=C(NCCN1CCCCC1C)NCc1coc(-c2ccccc2)n1.I. The smallest absolute Gasteiger partial charge is 0.226 e. The molecule has 7 heteroatoms. The molecule has 0 aliphatic carbocycles. The summed E-state index contributed by atoms with van der Waals surface area (Å²) < 4.78 is 5.57. The first-order valence-electron chi connectivity index (χ1n) is 9.44. The third kappa shape index (κ3) is 6.49. The lowest BCUT2D eigenvalue weighted by molar-refractivity contribution is 0.163. The number of likely N-dealkylation sites (tertiary alicyclic amines) is 1. The van der Waals surface area contributed by atoms with Crippen molar-refractivity contribution in [2.75, 3.05) is 26.7 Å². The summed E-state index contributed by atoms with van der Waals surface area (Å²) in [5.74, 6) is 1.43. The van der Waals surface area contributed by atoms with Crippen molar-refractivity contribution in [3.63, 3.8) is 0 Å².